The zero-order valence-corrected chi connectivity index (χ0v) is 36.4. The fourth-order valence-electron chi connectivity index (χ4n) is 9.69. The molecule has 11 aromatic rings. The second-order valence-corrected chi connectivity index (χ2v) is 18.5. The maximum Gasteiger partial charge on any atom is 0.160 e. The molecule has 9 aromatic carbocycles. The zero-order chi connectivity index (χ0) is 42.8. The van der Waals surface area contributed by atoms with Crippen LogP contribution in [0.15, 0.2) is 218 Å². The number of nitrogens with zero attached hydrogens (tertiary/aromatic N) is 2. The van der Waals surface area contributed by atoms with Gasteiger partial charge in [-0.1, -0.05) is 184 Å². The molecule has 2 aromatic heterocycles. The normalized spacial score (nSPS) is 12.7. The van der Waals surface area contributed by atoms with Gasteiger partial charge in [-0.15, -0.1) is 11.3 Å². The lowest BCUT2D eigenvalue weighted by Crippen LogP contribution is -2.14. The van der Waals surface area contributed by atoms with Crippen LogP contribution in [-0.4, -0.2) is 9.97 Å². The summed E-state index contributed by atoms with van der Waals surface area (Å²) >= 11 is 1.85. The van der Waals surface area contributed by atoms with Crippen molar-refractivity contribution >= 4 is 31.5 Å². The Labute approximate surface area is 377 Å². The number of hydrogen-bond acceptors (Lipinski definition) is 3. The van der Waals surface area contributed by atoms with E-state index in [2.05, 4.69) is 226 Å². The molecule has 0 aliphatic heterocycles. The lowest BCUT2D eigenvalue weighted by atomic mass is 9.82. The summed E-state index contributed by atoms with van der Waals surface area (Å²) in [6.07, 6.45) is 0. The molecule has 0 unspecified atom stereocenters. The van der Waals surface area contributed by atoms with E-state index in [1.54, 1.807) is 0 Å². The molecule has 0 atom stereocenters. The van der Waals surface area contributed by atoms with Crippen molar-refractivity contribution in [2.45, 2.75) is 19.3 Å². The Hall–Kier alpha value is -7.72. The molecule has 3 heteroatoms. The quantitative estimate of drug-likeness (QED) is 0.160. The minimum Gasteiger partial charge on any atom is -0.228 e. The second kappa shape index (κ2) is 15.3. The molecule has 302 valence electrons. The molecular weight excluding hydrogens is 793 g/mol. The first-order valence-electron chi connectivity index (χ1n) is 22.0. The summed E-state index contributed by atoms with van der Waals surface area (Å²) in [5.74, 6) is 0.697. The number of fused-ring (bicyclic) bond motifs is 6. The number of rotatable bonds is 7. The summed E-state index contributed by atoms with van der Waals surface area (Å²) in [6.45, 7) is 4.66. The third-order valence-electron chi connectivity index (χ3n) is 13.1. The first kappa shape index (κ1) is 38.0. The van der Waals surface area contributed by atoms with Crippen LogP contribution in [0.25, 0.3) is 110 Å². The molecule has 0 spiro atoms. The summed E-state index contributed by atoms with van der Waals surface area (Å²) in [5, 5.41) is 2.58. The van der Waals surface area contributed by atoms with Crippen LogP contribution < -0.4 is 0 Å². The smallest absolute Gasteiger partial charge is 0.160 e. The Morgan fingerprint density at radius 2 is 0.797 bits per heavy atom. The molecule has 2 nitrogen and oxygen atoms in total. The molecule has 2 heterocycles. The van der Waals surface area contributed by atoms with E-state index < -0.39 is 0 Å². The highest BCUT2D eigenvalue weighted by Gasteiger charge is 2.35. The molecule has 0 amide bonds. The monoisotopic (exact) mass is 834 g/mol. The second-order valence-electron chi connectivity index (χ2n) is 17.4. The van der Waals surface area contributed by atoms with Gasteiger partial charge in [0.1, 0.15) is 0 Å². The van der Waals surface area contributed by atoms with Gasteiger partial charge in [0.15, 0.2) is 5.82 Å². The molecule has 12 rings (SSSR count). The molecule has 0 bridgehead atoms. The summed E-state index contributed by atoms with van der Waals surface area (Å²) in [6, 6.07) is 79.2. The molecule has 0 saturated carbocycles. The van der Waals surface area contributed by atoms with Gasteiger partial charge in [-0.3, -0.25) is 0 Å². The van der Waals surface area contributed by atoms with Crippen LogP contribution in [0.1, 0.15) is 25.0 Å². The summed E-state index contributed by atoms with van der Waals surface area (Å²) in [5.41, 5.74) is 19.6. The first-order chi connectivity index (χ1) is 31.4. The summed E-state index contributed by atoms with van der Waals surface area (Å²) in [7, 11) is 0. The van der Waals surface area contributed by atoms with Crippen molar-refractivity contribution in [2.24, 2.45) is 0 Å². The van der Waals surface area contributed by atoms with Gasteiger partial charge in [0.25, 0.3) is 0 Å². The number of aromatic nitrogens is 2. The predicted octanol–water partition coefficient (Wildman–Crippen LogP) is 16.8. The molecular formula is C61H42N2S. The van der Waals surface area contributed by atoms with Crippen LogP contribution in [0.5, 0.6) is 0 Å². The van der Waals surface area contributed by atoms with Crippen LogP contribution in [0.4, 0.5) is 0 Å². The van der Waals surface area contributed by atoms with Crippen LogP contribution in [0.2, 0.25) is 0 Å². The fourth-order valence-corrected chi connectivity index (χ4v) is 10.8. The Kier molecular flexibility index (Phi) is 9.06. The maximum atomic E-state index is 5.32. The fraction of sp³-hybridized carbons (Fsp3) is 0.0492. The van der Waals surface area contributed by atoms with Gasteiger partial charge in [-0.2, -0.15) is 0 Å². The lowest BCUT2D eigenvalue weighted by Gasteiger charge is -2.21. The Morgan fingerprint density at radius 3 is 1.55 bits per heavy atom. The Morgan fingerprint density at radius 1 is 0.312 bits per heavy atom. The van der Waals surface area contributed by atoms with E-state index in [4.69, 9.17) is 9.97 Å². The average molecular weight is 835 g/mol. The highest BCUT2D eigenvalue weighted by Crippen LogP contribution is 2.49. The summed E-state index contributed by atoms with van der Waals surface area (Å²) in [4.78, 5) is 10.6. The largest absolute Gasteiger partial charge is 0.228 e. The Bertz CT molecular complexity index is 3550. The predicted molar refractivity (Wildman–Crippen MR) is 271 cm³/mol. The van der Waals surface area contributed by atoms with Crippen LogP contribution in [0.3, 0.4) is 0 Å². The van der Waals surface area contributed by atoms with Crippen LogP contribution in [-0.2, 0) is 5.41 Å². The van der Waals surface area contributed by atoms with Crippen molar-refractivity contribution in [1.29, 1.82) is 0 Å². The molecule has 1 aliphatic rings. The van der Waals surface area contributed by atoms with Gasteiger partial charge < -0.3 is 0 Å². The number of benzene rings is 9. The van der Waals surface area contributed by atoms with Crippen molar-refractivity contribution < 1.29 is 0 Å². The van der Waals surface area contributed by atoms with E-state index in [0.29, 0.717) is 5.82 Å². The third-order valence-corrected chi connectivity index (χ3v) is 14.3. The first-order valence-corrected chi connectivity index (χ1v) is 22.8. The SMILES string of the molecule is CC1(C)c2ccccc2-c2cc(-c3ccc(-c4cc(-c5cc(-c6ccc(-c7ccccc7)cc6)cc(-c6ccc7sc8ccccc8c7c6)c5)nc(-c5ccccc5)n4)cc3)ccc21. The van der Waals surface area contributed by atoms with Crippen molar-refractivity contribution in [1.82, 2.24) is 9.97 Å². The van der Waals surface area contributed by atoms with Gasteiger partial charge in [0.05, 0.1) is 11.4 Å². The van der Waals surface area contributed by atoms with Crippen molar-refractivity contribution in [3.8, 4) is 89.5 Å². The zero-order valence-electron chi connectivity index (χ0n) is 35.6. The molecule has 0 N–H and O–H groups in total. The molecule has 0 radical (unpaired) electrons. The van der Waals surface area contributed by atoms with Crippen molar-refractivity contribution in [3.63, 3.8) is 0 Å². The molecule has 1 aliphatic carbocycles. The van der Waals surface area contributed by atoms with E-state index >= 15 is 0 Å². The third kappa shape index (κ3) is 6.64. The highest BCUT2D eigenvalue weighted by atomic mass is 32.1. The van der Waals surface area contributed by atoms with Gasteiger partial charge in [0.2, 0.25) is 0 Å². The van der Waals surface area contributed by atoms with Gasteiger partial charge in [0, 0.05) is 42.3 Å². The van der Waals surface area contributed by atoms with E-state index in [9.17, 15) is 0 Å². The standard InChI is InChI=1S/C61H42N2S/c1-61(2)54-19-11-9-17-50(54)52-36-45(29-31-55(52)61)41-25-27-43(28-26-41)56-38-57(63-60(62-56)44-15-7-4-8-16-44)49-34-47(42-23-21-40(22-24-42)39-13-5-3-6-14-39)33-48(35-49)46-30-32-59-53(37-46)51-18-10-12-20-58(51)64-59/h3-38H,1-2H3. The topological polar surface area (TPSA) is 25.8 Å². The molecule has 0 fully saturated rings. The van der Waals surface area contributed by atoms with Gasteiger partial charge in [-0.25, -0.2) is 9.97 Å². The molecule has 0 saturated heterocycles. The van der Waals surface area contributed by atoms with E-state index in [1.807, 2.05) is 17.4 Å². The summed E-state index contributed by atoms with van der Waals surface area (Å²) < 4.78 is 2.60. The minimum atomic E-state index is -0.0186. The maximum absolute atomic E-state index is 5.32. The van der Waals surface area contributed by atoms with Gasteiger partial charge >= 0.3 is 0 Å². The highest BCUT2D eigenvalue weighted by molar-refractivity contribution is 7.25. The van der Waals surface area contributed by atoms with Crippen LogP contribution >= 0.6 is 11.3 Å². The lowest BCUT2D eigenvalue weighted by molar-refractivity contribution is 0.660. The molecule has 64 heavy (non-hydrogen) atoms. The van der Waals surface area contributed by atoms with Gasteiger partial charge in [-0.05, 0) is 115 Å². The number of thiophene rings is 1. The average Bonchev–Trinajstić information content (AvgIpc) is 3.85. The van der Waals surface area contributed by atoms with E-state index in [-0.39, 0.29) is 5.41 Å². The van der Waals surface area contributed by atoms with E-state index in [0.717, 1.165) is 44.8 Å². The van der Waals surface area contributed by atoms with E-state index in [1.165, 1.54) is 70.2 Å². The number of hydrogen-bond donors (Lipinski definition) is 0. The van der Waals surface area contributed by atoms with Crippen molar-refractivity contribution in [3.05, 3.63) is 230 Å². The van der Waals surface area contributed by atoms with Crippen LogP contribution in [0, 0.1) is 0 Å². The van der Waals surface area contributed by atoms with Crippen molar-refractivity contribution in [2.75, 3.05) is 0 Å². The minimum absolute atomic E-state index is 0.0186. The Balaban J connectivity index is 0.982.